The van der Waals surface area contributed by atoms with Crippen LogP contribution in [0.1, 0.15) is 103 Å². The molecule has 13 rings (SSSR count). The van der Waals surface area contributed by atoms with E-state index < -0.39 is 5.91 Å². The predicted octanol–water partition coefficient (Wildman–Crippen LogP) is 8.10. The van der Waals surface area contributed by atoms with Crippen LogP contribution in [0.4, 0.5) is 40.3 Å². The average Bonchev–Trinajstić information content (AvgIpc) is 0.836. The standard InChI is InChI=1S/C67H86N16O7/c1-4-45-37-47(73-63-58(60(68)84)76-56(54-52(86-2)7-5-21-69-54)61(78-63)74-48-38-66(39-48)17-31-88-32-18-66)13-14-51(45)83-23-15-50(16-24-83)82-27-25-81(26-28-82)43-71-65(85)59-64(72-46-11-9-44(10-12-46)42-80-29-35-90-36-30-80)79-62(57(77-59)55-53(87-3)8-6-22-70-55)75-49-40-67(41-49)19-33-89-34-20-67/h5-14,21-22,37,48-50H,4,15-20,23-36,38-43H2,1-3H3,(H2,68,84)(H,71,85)(H2,72,75,79)(H2,73,74,78). The number of piperidine rings is 1. The summed E-state index contributed by atoms with van der Waals surface area (Å²) in [5.41, 5.74) is 13.8. The number of ether oxygens (including phenoxy) is 5. The smallest absolute Gasteiger partial charge is 0.274 e. The number of benzene rings is 2. The summed E-state index contributed by atoms with van der Waals surface area (Å²) >= 11 is 0. The summed E-state index contributed by atoms with van der Waals surface area (Å²) in [6.07, 6.45) is 14.5. The molecule has 23 heteroatoms. The van der Waals surface area contributed by atoms with Gasteiger partial charge in [-0.3, -0.25) is 34.3 Å². The Labute approximate surface area is 527 Å². The molecule has 5 aliphatic heterocycles. The average molecular weight is 1230 g/mol. The molecule has 0 radical (unpaired) electrons. The molecule has 2 aromatic carbocycles. The third kappa shape index (κ3) is 13.6. The lowest BCUT2D eigenvalue weighted by Gasteiger charge is -2.50. The van der Waals surface area contributed by atoms with E-state index in [1.165, 1.54) is 16.8 Å². The molecule has 7 fully saturated rings. The van der Waals surface area contributed by atoms with E-state index in [1.54, 1.807) is 32.7 Å². The Morgan fingerprint density at radius 3 is 1.69 bits per heavy atom. The third-order valence-electron chi connectivity index (χ3n) is 19.8. The molecule has 476 valence electrons. The number of aryl methyl sites for hydroxylation is 1. The summed E-state index contributed by atoms with van der Waals surface area (Å²) in [5.74, 6) is 1.72. The molecule has 4 aromatic heterocycles. The lowest BCUT2D eigenvalue weighted by Crippen LogP contribution is -2.55. The Morgan fingerprint density at radius 2 is 1.13 bits per heavy atom. The van der Waals surface area contributed by atoms with Crippen molar-refractivity contribution in [3.05, 3.63) is 102 Å². The first kappa shape index (κ1) is 61.1. The molecular weight excluding hydrogens is 1140 g/mol. The second-order valence-electron chi connectivity index (χ2n) is 25.5. The van der Waals surface area contributed by atoms with E-state index in [9.17, 15) is 9.59 Å². The van der Waals surface area contributed by atoms with Crippen LogP contribution >= 0.6 is 0 Å². The van der Waals surface area contributed by atoms with E-state index in [0.717, 1.165) is 181 Å². The normalized spacial score (nSPS) is 20.6. The fourth-order valence-electron chi connectivity index (χ4n) is 14.6. The summed E-state index contributed by atoms with van der Waals surface area (Å²) in [6.45, 7) is 15.1. The number of carbonyl (C=O) groups excluding carboxylic acids is 2. The molecule has 9 heterocycles. The molecule has 2 aliphatic carbocycles. The second kappa shape index (κ2) is 27.3. The van der Waals surface area contributed by atoms with E-state index in [0.29, 0.717) is 64.4 Å². The number of hydrogen-bond donors (Lipinski definition) is 6. The monoisotopic (exact) mass is 1230 g/mol. The summed E-state index contributed by atoms with van der Waals surface area (Å²) in [4.78, 5) is 67.4. The Hall–Kier alpha value is -7.80. The number of piperazine rings is 1. The van der Waals surface area contributed by atoms with Gasteiger partial charge in [0, 0.05) is 133 Å². The van der Waals surface area contributed by atoms with Crippen molar-refractivity contribution >= 4 is 52.1 Å². The number of anilines is 7. The van der Waals surface area contributed by atoms with Crippen molar-refractivity contribution in [2.75, 3.05) is 139 Å². The Balaban J connectivity index is 0.656. The maximum Gasteiger partial charge on any atom is 0.274 e. The van der Waals surface area contributed by atoms with Gasteiger partial charge in [0.25, 0.3) is 11.8 Å². The Kier molecular flexibility index (Phi) is 18.6. The van der Waals surface area contributed by atoms with E-state index in [2.05, 4.69) is 82.4 Å². The number of nitrogens with one attached hydrogen (secondary N) is 5. The molecule has 6 aromatic rings. The van der Waals surface area contributed by atoms with Gasteiger partial charge in [0.15, 0.2) is 34.7 Å². The summed E-state index contributed by atoms with van der Waals surface area (Å²) in [6, 6.07) is 22.8. The first-order valence-corrected chi connectivity index (χ1v) is 32.4. The highest BCUT2D eigenvalue weighted by Crippen LogP contribution is 2.52. The highest BCUT2D eigenvalue weighted by atomic mass is 16.5. The Bertz CT molecular complexity index is 3470. The number of rotatable bonds is 21. The van der Waals surface area contributed by atoms with Crippen LogP contribution in [0.25, 0.3) is 22.8 Å². The number of aromatic nitrogens is 6. The minimum absolute atomic E-state index is 0.0149. The van der Waals surface area contributed by atoms with Crippen molar-refractivity contribution in [3.8, 4) is 34.3 Å². The van der Waals surface area contributed by atoms with E-state index in [1.807, 2.05) is 36.4 Å². The number of methoxy groups -OCH3 is 2. The minimum Gasteiger partial charge on any atom is -0.494 e. The molecule has 2 saturated carbocycles. The molecule has 7 aliphatic rings. The van der Waals surface area contributed by atoms with Crippen molar-refractivity contribution in [2.45, 2.75) is 102 Å². The molecule has 90 heavy (non-hydrogen) atoms. The lowest BCUT2D eigenvalue weighted by molar-refractivity contribution is -0.0344. The highest BCUT2D eigenvalue weighted by molar-refractivity contribution is 5.99. The van der Waals surface area contributed by atoms with E-state index >= 15 is 0 Å². The molecule has 0 atom stereocenters. The van der Waals surface area contributed by atoms with Gasteiger partial charge in [0.05, 0.1) is 34.1 Å². The SMILES string of the molecule is CCc1cc(Nc2nc(NC3CC4(CCOCC4)C3)c(-c3ncccc3OC)nc2C(N)=O)ccc1N1CCC(N2CCN(CNC(=O)c3nc(-c4ncccc4OC)c(NC4CC5(CCOCC5)C4)nc3Nc3ccc(CN4CCOCC4)cc3)CC2)CC1. The quantitative estimate of drug-likeness (QED) is 0.0398. The van der Waals surface area contributed by atoms with Crippen LogP contribution < -0.4 is 46.7 Å². The van der Waals surface area contributed by atoms with Gasteiger partial charge in [0.1, 0.15) is 34.3 Å². The van der Waals surface area contributed by atoms with Gasteiger partial charge in [0.2, 0.25) is 0 Å². The van der Waals surface area contributed by atoms with Crippen molar-refractivity contribution in [1.82, 2.24) is 49.9 Å². The van der Waals surface area contributed by atoms with Gasteiger partial charge in [-0.05, 0) is 147 Å². The summed E-state index contributed by atoms with van der Waals surface area (Å²) in [5, 5.41) is 17.6. The number of nitrogens with zero attached hydrogens (tertiary/aromatic N) is 10. The predicted molar refractivity (Wildman–Crippen MR) is 346 cm³/mol. The van der Waals surface area contributed by atoms with Crippen LogP contribution in [0.5, 0.6) is 11.5 Å². The molecule has 23 nitrogen and oxygen atoms in total. The molecular formula is C67H86N16O7. The van der Waals surface area contributed by atoms with Crippen molar-refractivity contribution in [3.63, 3.8) is 0 Å². The number of amides is 2. The molecule has 0 bridgehead atoms. The second-order valence-corrected chi connectivity index (χ2v) is 25.5. The minimum atomic E-state index is -0.702. The van der Waals surface area contributed by atoms with E-state index in [-0.39, 0.29) is 46.0 Å². The zero-order chi connectivity index (χ0) is 61.6. The number of primary amides is 1. The fourth-order valence-corrected chi connectivity index (χ4v) is 14.6. The van der Waals surface area contributed by atoms with Crippen LogP contribution in [-0.4, -0.2) is 187 Å². The molecule has 7 N–H and O–H groups in total. The maximum absolute atomic E-state index is 14.7. The Morgan fingerprint density at radius 1 is 0.600 bits per heavy atom. The summed E-state index contributed by atoms with van der Waals surface area (Å²) in [7, 11) is 3.21. The van der Waals surface area contributed by atoms with Gasteiger partial charge >= 0.3 is 0 Å². The van der Waals surface area contributed by atoms with Gasteiger partial charge in [-0.2, -0.15) is 0 Å². The topological polar surface area (TPSA) is 257 Å². The number of carbonyl (C=O) groups is 2. The zero-order valence-corrected chi connectivity index (χ0v) is 52.2. The first-order valence-electron chi connectivity index (χ1n) is 32.4. The number of pyridine rings is 2. The number of hydrogen-bond acceptors (Lipinski definition) is 21. The van der Waals surface area contributed by atoms with Crippen molar-refractivity contribution in [2.24, 2.45) is 16.6 Å². The van der Waals surface area contributed by atoms with Crippen LogP contribution in [-0.2, 0) is 27.2 Å². The molecule has 2 spiro atoms. The number of morpholine rings is 1. The molecule has 2 amide bonds. The van der Waals surface area contributed by atoms with Crippen molar-refractivity contribution in [1.29, 1.82) is 0 Å². The third-order valence-corrected chi connectivity index (χ3v) is 19.8. The number of nitrogens with two attached hydrogens (primary N) is 1. The summed E-state index contributed by atoms with van der Waals surface area (Å²) < 4.78 is 28.5. The highest BCUT2D eigenvalue weighted by Gasteiger charge is 2.47. The van der Waals surface area contributed by atoms with Gasteiger partial charge in [-0.1, -0.05) is 19.1 Å². The van der Waals surface area contributed by atoms with Crippen LogP contribution in [0, 0.1) is 10.8 Å². The molecule has 0 unspecified atom stereocenters. The van der Waals surface area contributed by atoms with Crippen LogP contribution in [0.15, 0.2) is 79.1 Å². The maximum atomic E-state index is 14.7. The molecule has 5 saturated heterocycles. The lowest BCUT2D eigenvalue weighted by atomic mass is 9.61. The first-order chi connectivity index (χ1) is 44.0. The fraction of sp³-hybridized carbons (Fsp3) is 0.522. The van der Waals surface area contributed by atoms with Crippen LogP contribution in [0.3, 0.4) is 0 Å². The van der Waals surface area contributed by atoms with Gasteiger partial charge in [-0.15, -0.1) is 0 Å². The van der Waals surface area contributed by atoms with Gasteiger partial charge < -0.3 is 60.9 Å². The van der Waals surface area contributed by atoms with Crippen molar-refractivity contribution < 1.29 is 33.3 Å². The van der Waals surface area contributed by atoms with E-state index in [4.69, 9.17) is 54.3 Å². The van der Waals surface area contributed by atoms with Crippen LogP contribution in [0.2, 0.25) is 0 Å². The van der Waals surface area contributed by atoms with Gasteiger partial charge in [-0.25, -0.2) is 19.9 Å². The largest absolute Gasteiger partial charge is 0.494 e. The zero-order valence-electron chi connectivity index (χ0n) is 52.2.